The fourth-order valence-electron chi connectivity index (χ4n) is 4.06. The summed E-state index contributed by atoms with van der Waals surface area (Å²) in [5.41, 5.74) is 1.21. The lowest BCUT2D eigenvalue weighted by Crippen LogP contribution is -2.50. The third-order valence-corrected chi connectivity index (χ3v) is 6.21. The van der Waals surface area contributed by atoms with Gasteiger partial charge in [-0.25, -0.2) is 0 Å². The van der Waals surface area contributed by atoms with Crippen molar-refractivity contribution in [2.75, 3.05) is 13.1 Å². The second-order valence-corrected chi connectivity index (χ2v) is 8.58. The Morgan fingerprint density at radius 1 is 1.03 bits per heavy atom. The van der Waals surface area contributed by atoms with E-state index in [9.17, 15) is 4.79 Å². The van der Waals surface area contributed by atoms with Gasteiger partial charge >= 0.3 is 0 Å². The predicted octanol–water partition coefficient (Wildman–Crippen LogP) is 4.50. The van der Waals surface area contributed by atoms with Crippen LogP contribution in [0.3, 0.4) is 0 Å². The summed E-state index contributed by atoms with van der Waals surface area (Å²) in [6.45, 7) is 2.25. The van der Waals surface area contributed by atoms with E-state index in [-0.39, 0.29) is 11.4 Å². The van der Waals surface area contributed by atoms with E-state index >= 15 is 0 Å². The largest absolute Gasteiger partial charge is 0.486 e. The molecule has 0 unspecified atom stereocenters. The number of likely N-dealkylation sites (tertiary alicyclic amines) is 1. The Balaban J connectivity index is 1.23. The molecule has 6 nitrogen and oxygen atoms in total. The van der Waals surface area contributed by atoms with Crippen LogP contribution in [0.1, 0.15) is 35.5 Å². The summed E-state index contributed by atoms with van der Waals surface area (Å²) in [6, 6.07) is 15.3. The summed E-state index contributed by atoms with van der Waals surface area (Å²) in [5.74, 6) is 2.02. The second kappa shape index (κ2) is 7.39. The molecule has 1 saturated heterocycles. The first-order valence-electron chi connectivity index (χ1n) is 9.72. The molecule has 3 aromatic rings. The maximum Gasteiger partial charge on any atom is 0.247 e. The number of benzene rings is 2. The van der Waals surface area contributed by atoms with E-state index in [0.717, 1.165) is 36.0 Å². The van der Waals surface area contributed by atoms with Crippen molar-refractivity contribution in [1.82, 2.24) is 15.1 Å². The Bertz CT molecular complexity index is 1040. The van der Waals surface area contributed by atoms with Gasteiger partial charge in [-0.3, -0.25) is 9.69 Å². The molecule has 0 saturated carbocycles. The Labute approximate surface area is 177 Å². The highest BCUT2D eigenvalue weighted by Gasteiger charge is 2.42. The van der Waals surface area contributed by atoms with Gasteiger partial charge in [0.25, 0.3) is 0 Å². The molecular formula is C22H20BrN3O3. The average molecular weight is 454 g/mol. The number of para-hydroxylation sites is 1. The molecule has 0 N–H and O–H groups in total. The summed E-state index contributed by atoms with van der Waals surface area (Å²) < 4.78 is 13.2. The Hall–Kier alpha value is -2.51. The van der Waals surface area contributed by atoms with E-state index in [0.29, 0.717) is 36.1 Å². The quantitative estimate of drug-likeness (QED) is 0.581. The van der Waals surface area contributed by atoms with Gasteiger partial charge < -0.3 is 9.15 Å². The SMILES string of the molecule is O=C1CC2(CCN(Cc3nnc(-c4ccc(Br)cc4)o3)CC2)Oc2ccccc21. The number of Topliss-reactive ketones (excluding diaryl/α,β-unsaturated/α-hetero) is 1. The standard InChI is InChI=1S/C22H20BrN3O3/c23-16-7-5-15(6-8-16)21-25-24-20(28-21)14-26-11-9-22(10-12-26)13-18(27)17-3-1-2-4-19(17)29-22/h1-8H,9-14H2. The summed E-state index contributed by atoms with van der Waals surface area (Å²) >= 11 is 3.43. The molecular weight excluding hydrogens is 434 g/mol. The van der Waals surface area contributed by atoms with E-state index in [1.807, 2.05) is 48.5 Å². The monoisotopic (exact) mass is 453 g/mol. The Morgan fingerprint density at radius 3 is 2.59 bits per heavy atom. The molecule has 7 heteroatoms. The molecule has 0 amide bonds. The predicted molar refractivity (Wildman–Crippen MR) is 111 cm³/mol. The first kappa shape index (κ1) is 18.5. The van der Waals surface area contributed by atoms with E-state index in [4.69, 9.17) is 9.15 Å². The summed E-state index contributed by atoms with van der Waals surface area (Å²) in [4.78, 5) is 14.8. The molecule has 0 atom stereocenters. The van der Waals surface area contributed by atoms with E-state index in [1.54, 1.807) is 0 Å². The van der Waals surface area contributed by atoms with Crippen LogP contribution in [0.4, 0.5) is 0 Å². The molecule has 148 valence electrons. The number of rotatable bonds is 3. The van der Waals surface area contributed by atoms with Crippen LogP contribution in [-0.2, 0) is 6.54 Å². The summed E-state index contributed by atoms with van der Waals surface area (Å²) in [6.07, 6.45) is 2.06. The molecule has 5 rings (SSSR count). The number of ether oxygens (including phenoxy) is 1. The number of hydrogen-bond donors (Lipinski definition) is 0. The topological polar surface area (TPSA) is 68.5 Å². The van der Waals surface area contributed by atoms with Crippen molar-refractivity contribution < 1.29 is 13.9 Å². The Kier molecular flexibility index (Phi) is 4.72. The number of nitrogens with zero attached hydrogens (tertiary/aromatic N) is 3. The van der Waals surface area contributed by atoms with Gasteiger partial charge in [0, 0.05) is 36.0 Å². The van der Waals surface area contributed by atoms with Gasteiger partial charge in [0.15, 0.2) is 5.78 Å². The summed E-state index contributed by atoms with van der Waals surface area (Å²) in [7, 11) is 0. The van der Waals surface area contributed by atoms with Crippen LogP contribution in [-0.4, -0.2) is 39.6 Å². The van der Waals surface area contributed by atoms with Gasteiger partial charge in [-0.15, -0.1) is 10.2 Å². The first-order valence-corrected chi connectivity index (χ1v) is 10.5. The number of halogens is 1. The third kappa shape index (κ3) is 3.72. The zero-order valence-corrected chi connectivity index (χ0v) is 17.4. The van der Waals surface area contributed by atoms with Crippen molar-refractivity contribution in [1.29, 1.82) is 0 Å². The minimum absolute atomic E-state index is 0.177. The van der Waals surface area contributed by atoms with Crippen LogP contribution >= 0.6 is 15.9 Å². The van der Waals surface area contributed by atoms with E-state index in [2.05, 4.69) is 31.0 Å². The zero-order valence-electron chi connectivity index (χ0n) is 15.8. The maximum absolute atomic E-state index is 12.6. The normalized spacial score (nSPS) is 18.4. The van der Waals surface area contributed by atoms with Crippen LogP contribution in [0, 0.1) is 0 Å². The van der Waals surface area contributed by atoms with Gasteiger partial charge in [0.1, 0.15) is 11.4 Å². The fourth-order valence-corrected chi connectivity index (χ4v) is 4.32. The number of fused-ring (bicyclic) bond motifs is 1. The molecule has 29 heavy (non-hydrogen) atoms. The van der Waals surface area contributed by atoms with E-state index < -0.39 is 0 Å². The maximum atomic E-state index is 12.6. The fraction of sp³-hybridized carbons (Fsp3) is 0.318. The molecule has 2 aliphatic rings. The van der Waals surface area contributed by atoms with Gasteiger partial charge in [-0.05, 0) is 36.4 Å². The molecule has 1 aromatic heterocycles. The summed E-state index contributed by atoms with van der Waals surface area (Å²) in [5, 5.41) is 8.37. The van der Waals surface area contributed by atoms with Crippen molar-refractivity contribution >= 4 is 21.7 Å². The molecule has 0 aliphatic carbocycles. The molecule has 0 radical (unpaired) electrons. The third-order valence-electron chi connectivity index (χ3n) is 5.68. The minimum atomic E-state index is -0.390. The number of piperidine rings is 1. The molecule has 1 fully saturated rings. The number of carbonyl (C=O) groups is 1. The van der Waals surface area contributed by atoms with Gasteiger partial charge in [-0.1, -0.05) is 28.1 Å². The van der Waals surface area contributed by atoms with Crippen LogP contribution in [0.15, 0.2) is 57.4 Å². The molecule has 2 aromatic carbocycles. The second-order valence-electron chi connectivity index (χ2n) is 7.67. The van der Waals surface area contributed by atoms with Gasteiger partial charge in [-0.2, -0.15) is 0 Å². The number of ketones is 1. The highest BCUT2D eigenvalue weighted by atomic mass is 79.9. The van der Waals surface area contributed by atoms with Crippen LogP contribution in [0.25, 0.3) is 11.5 Å². The number of hydrogen-bond acceptors (Lipinski definition) is 6. The lowest BCUT2D eigenvalue weighted by Gasteiger charge is -2.43. The molecule has 3 heterocycles. The van der Waals surface area contributed by atoms with Crippen molar-refractivity contribution in [3.05, 3.63) is 64.5 Å². The van der Waals surface area contributed by atoms with Crippen molar-refractivity contribution in [2.45, 2.75) is 31.4 Å². The van der Waals surface area contributed by atoms with Crippen LogP contribution in [0.2, 0.25) is 0 Å². The minimum Gasteiger partial charge on any atom is -0.486 e. The average Bonchev–Trinajstić information content (AvgIpc) is 3.19. The molecule has 2 aliphatic heterocycles. The van der Waals surface area contributed by atoms with Gasteiger partial charge in [0.05, 0.1) is 18.5 Å². The highest BCUT2D eigenvalue weighted by Crippen LogP contribution is 2.39. The molecule has 1 spiro atoms. The lowest BCUT2D eigenvalue weighted by molar-refractivity contribution is -0.0122. The lowest BCUT2D eigenvalue weighted by atomic mass is 9.82. The van der Waals surface area contributed by atoms with Crippen LogP contribution < -0.4 is 4.74 Å². The first-order chi connectivity index (χ1) is 14.1. The number of aromatic nitrogens is 2. The molecule has 0 bridgehead atoms. The van der Waals surface area contributed by atoms with Crippen LogP contribution in [0.5, 0.6) is 5.75 Å². The van der Waals surface area contributed by atoms with Crippen molar-refractivity contribution in [3.8, 4) is 17.2 Å². The Morgan fingerprint density at radius 2 is 1.79 bits per heavy atom. The number of carbonyl (C=O) groups excluding carboxylic acids is 1. The van der Waals surface area contributed by atoms with E-state index in [1.165, 1.54) is 0 Å². The zero-order chi connectivity index (χ0) is 19.8. The van der Waals surface area contributed by atoms with Crippen molar-refractivity contribution in [3.63, 3.8) is 0 Å². The highest BCUT2D eigenvalue weighted by molar-refractivity contribution is 9.10. The van der Waals surface area contributed by atoms with Crippen molar-refractivity contribution in [2.24, 2.45) is 0 Å². The van der Waals surface area contributed by atoms with Gasteiger partial charge in [0.2, 0.25) is 11.8 Å². The smallest absolute Gasteiger partial charge is 0.247 e.